The molecule has 2 rings (SSSR count). The van der Waals surface area contributed by atoms with Crippen molar-refractivity contribution in [2.75, 3.05) is 11.9 Å². The highest BCUT2D eigenvalue weighted by molar-refractivity contribution is 7.89. The molecule has 0 fully saturated rings. The molecule has 158 valence electrons. The Morgan fingerprint density at radius 1 is 1.07 bits per heavy atom. The normalized spacial score (nSPS) is 12.7. The zero-order valence-electron chi connectivity index (χ0n) is 17.9. The van der Waals surface area contributed by atoms with Crippen LogP contribution in [-0.4, -0.2) is 27.0 Å². The number of para-hydroxylation sites is 1. The molecule has 0 saturated carbocycles. The van der Waals surface area contributed by atoms with Gasteiger partial charge in [-0.05, 0) is 68.5 Å². The minimum absolute atomic E-state index is 0.0943. The highest BCUT2D eigenvalue weighted by Crippen LogP contribution is 2.27. The lowest BCUT2D eigenvalue weighted by atomic mass is 9.98. The summed E-state index contributed by atoms with van der Waals surface area (Å²) >= 11 is 0. The molecule has 0 bridgehead atoms. The molecule has 2 N–H and O–H groups in total. The number of anilines is 1. The first-order chi connectivity index (χ1) is 13.6. The number of amides is 1. The van der Waals surface area contributed by atoms with Crippen LogP contribution in [0.4, 0.5) is 5.69 Å². The van der Waals surface area contributed by atoms with E-state index in [9.17, 15) is 13.2 Å². The van der Waals surface area contributed by atoms with Crippen LogP contribution in [-0.2, 0) is 14.8 Å². The Balaban J connectivity index is 2.18. The molecule has 1 amide bonds. The van der Waals surface area contributed by atoms with Crippen LogP contribution in [0.3, 0.4) is 0 Å². The van der Waals surface area contributed by atoms with Crippen molar-refractivity contribution in [2.45, 2.75) is 58.4 Å². The number of nitrogens with one attached hydrogen (secondary N) is 2. The van der Waals surface area contributed by atoms with Gasteiger partial charge in [0.15, 0.2) is 0 Å². The molecule has 0 heterocycles. The standard InChI is InChI=1S/C22H30N2O4S/c1-7-28-20-12-11-18(13-16(20)5)29(26,27)24-17(6)22(25)23-21-15(4)9-8-10-19(21)14(2)3/h8-14,17,24H,7H2,1-6H3,(H,23,25)/t17-/m0/s1. The predicted molar refractivity (Wildman–Crippen MR) is 116 cm³/mol. The molecule has 0 spiro atoms. The van der Waals surface area contributed by atoms with Gasteiger partial charge in [-0.15, -0.1) is 0 Å². The van der Waals surface area contributed by atoms with Crippen molar-refractivity contribution in [2.24, 2.45) is 0 Å². The first-order valence-corrected chi connectivity index (χ1v) is 11.2. The van der Waals surface area contributed by atoms with Crippen molar-refractivity contribution in [3.8, 4) is 5.75 Å². The van der Waals surface area contributed by atoms with Crippen LogP contribution in [0.5, 0.6) is 5.75 Å². The van der Waals surface area contributed by atoms with Gasteiger partial charge in [0.2, 0.25) is 15.9 Å². The molecule has 0 aliphatic heterocycles. The number of benzene rings is 2. The van der Waals surface area contributed by atoms with Crippen LogP contribution in [0, 0.1) is 13.8 Å². The molecule has 0 aliphatic rings. The first kappa shape index (κ1) is 22.9. The minimum atomic E-state index is -3.85. The second-order valence-corrected chi connectivity index (χ2v) is 9.10. The average molecular weight is 419 g/mol. The topological polar surface area (TPSA) is 84.5 Å². The molecule has 6 nitrogen and oxygen atoms in total. The Morgan fingerprint density at radius 3 is 2.34 bits per heavy atom. The van der Waals surface area contributed by atoms with Crippen molar-refractivity contribution in [1.82, 2.24) is 4.72 Å². The number of aryl methyl sites for hydroxylation is 2. The Bertz CT molecular complexity index is 984. The van der Waals surface area contributed by atoms with Gasteiger partial charge in [-0.25, -0.2) is 8.42 Å². The van der Waals surface area contributed by atoms with Crippen molar-refractivity contribution in [1.29, 1.82) is 0 Å². The smallest absolute Gasteiger partial charge is 0.242 e. The fourth-order valence-corrected chi connectivity index (χ4v) is 4.32. The minimum Gasteiger partial charge on any atom is -0.494 e. The van der Waals surface area contributed by atoms with E-state index in [1.807, 2.05) is 45.9 Å². The van der Waals surface area contributed by atoms with Gasteiger partial charge < -0.3 is 10.1 Å². The maximum Gasteiger partial charge on any atom is 0.242 e. The van der Waals surface area contributed by atoms with Gasteiger partial charge in [-0.1, -0.05) is 32.0 Å². The van der Waals surface area contributed by atoms with Gasteiger partial charge in [0.05, 0.1) is 17.5 Å². The number of hydrogen-bond donors (Lipinski definition) is 2. The number of ether oxygens (including phenoxy) is 1. The Kier molecular flexibility index (Phi) is 7.43. The SMILES string of the molecule is CCOc1ccc(S(=O)(=O)N[C@@H](C)C(=O)Nc2c(C)cccc2C(C)C)cc1C. The van der Waals surface area contributed by atoms with Gasteiger partial charge in [0.1, 0.15) is 5.75 Å². The van der Waals surface area contributed by atoms with Crippen molar-refractivity contribution < 1.29 is 17.9 Å². The summed E-state index contributed by atoms with van der Waals surface area (Å²) in [5.74, 6) is 0.453. The summed E-state index contributed by atoms with van der Waals surface area (Å²) in [4.78, 5) is 12.8. The number of rotatable bonds is 8. The van der Waals surface area contributed by atoms with Gasteiger partial charge in [-0.2, -0.15) is 4.72 Å². The summed E-state index contributed by atoms with van der Waals surface area (Å²) in [5.41, 5.74) is 3.39. The average Bonchev–Trinajstić information content (AvgIpc) is 2.64. The van der Waals surface area contributed by atoms with E-state index in [1.165, 1.54) is 19.1 Å². The van der Waals surface area contributed by atoms with Crippen LogP contribution in [0.15, 0.2) is 41.3 Å². The van der Waals surface area contributed by atoms with Crippen LogP contribution < -0.4 is 14.8 Å². The number of sulfonamides is 1. The molecular weight excluding hydrogens is 388 g/mol. The summed E-state index contributed by atoms with van der Waals surface area (Å²) < 4.78 is 33.4. The number of carbonyl (C=O) groups is 1. The quantitative estimate of drug-likeness (QED) is 0.675. The zero-order valence-corrected chi connectivity index (χ0v) is 18.7. The highest BCUT2D eigenvalue weighted by Gasteiger charge is 2.24. The van der Waals surface area contributed by atoms with Gasteiger partial charge in [0, 0.05) is 5.69 Å². The summed E-state index contributed by atoms with van der Waals surface area (Å²) in [5, 5.41) is 2.89. The molecule has 2 aromatic carbocycles. The van der Waals surface area contributed by atoms with Gasteiger partial charge in [-0.3, -0.25) is 4.79 Å². The van der Waals surface area contributed by atoms with Gasteiger partial charge in [0.25, 0.3) is 0 Å². The fourth-order valence-electron chi connectivity index (χ4n) is 3.03. The third-order valence-electron chi connectivity index (χ3n) is 4.66. The van der Waals surface area contributed by atoms with E-state index in [0.29, 0.717) is 17.9 Å². The van der Waals surface area contributed by atoms with Gasteiger partial charge >= 0.3 is 0 Å². The third-order valence-corrected chi connectivity index (χ3v) is 6.20. The van der Waals surface area contributed by atoms with E-state index in [1.54, 1.807) is 13.0 Å². The first-order valence-electron chi connectivity index (χ1n) is 9.73. The Hall–Kier alpha value is -2.38. The van der Waals surface area contributed by atoms with Crippen molar-refractivity contribution >= 4 is 21.6 Å². The molecule has 29 heavy (non-hydrogen) atoms. The van der Waals surface area contributed by atoms with Crippen molar-refractivity contribution in [3.63, 3.8) is 0 Å². The molecule has 0 radical (unpaired) electrons. The van der Waals surface area contributed by atoms with Crippen LogP contribution >= 0.6 is 0 Å². The lowest BCUT2D eigenvalue weighted by Crippen LogP contribution is -2.41. The van der Waals surface area contributed by atoms with E-state index >= 15 is 0 Å². The molecule has 0 aliphatic carbocycles. The molecule has 0 saturated heterocycles. The third kappa shape index (κ3) is 5.58. The van der Waals surface area contributed by atoms with E-state index in [2.05, 4.69) is 10.0 Å². The van der Waals surface area contributed by atoms with E-state index < -0.39 is 22.0 Å². The number of hydrogen-bond acceptors (Lipinski definition) is 4. The van der Waals surface area contributed by atoms with E-state index in [4.69, 9.17) is 4.74 Å². The summed E-state index contributed by atoms with van der Waals surface area (Å²) in [6.07, 6.45) is 0. The monoisotopic (exact) mass is 418 g/mol. The Morgan fingerprint density at radius 2 is 1.76 bits per heavy atom. The molecule has 2 aromatic rings. The summed E-state index contributed by atoms with van der Waals surface area (Å²) in [6.45, 7) is 11.7. The van der Waals surface area contributed by atoms with E-state index in [0.717, 1.165) is 16.8 Å². The number of carbonyl (C=O) groups excluding carboxylic acids is 1. The molecular formula is C22H30N2O4S. The molecule has 7 heteroatoms. The maximum atomic E-state index is 12.7. The summed E-state index contributed by atoms with van der Waals surface area (Å²) in [6, 6.07) is 9.52. The fraction of sp³-hybridized carbons (Fsp3) is 0.409. The largest absolute Gasteiger partial charge is 0.494 e. The molecule has 0 aromatic heterocycles. The molecule has 1 atom stereocenters. The second kappa shape index (κ2) is 9.41. The highest BCUT2D eigenvalue weighted by atomic mass is 32.2. The lowest BCUT2D eigenvalue weighted by molar-refractivity contribution is -0.117. The van der Waals surface area contributed by atoms with Crippen LogP contribution in [0.25, 0.3) is 0 Å². The maximum absolute atomic E-state index is 12.7. The summed E-state index contributed by atoms with van der Waals surface area (Å²) in [7, 11) is -3.85. The zero-order chi connectivity index (χ0) is 21.8. The predicted octanol–water partition coefficient (Wildman–Crippen LogP) is 4.13. The lowest BCUT2D eigenvalue weighted by Gasteiger charge is -2.19. The van der Waals surface area contributed by atoms with Crippen molar-refractivity contribution in [3.05, 3.63) is 53.1 Å². The van der Waals surface area contributed by atoms with Crippen LogP contribution in [0.2, 0.25) is 0 Å². The van der Waals surface area contributed by atoms with Crippen LogP contribution in [0.1, 0.15) is 50.3 Å². The molecule has 0 unspecified atom stereocenters. The van der Waals surface area contributed by atoms with E-state index in [-0.39, 0.29) is 10.8 Å². The Labute approximate surface area is 173 Å². The second-order valence-electron chi connectivity index (χ2n) is 7.39.